The molecule has 1 aliphatic rings. The lowest BCUT2D eigenvalue weighted by Crippen LogP contribution is -2.48. The minimum atomic E-state index is -1.21. The highest BCUT2D eigenvalue weighted by Gasteiger charge is 2.51. The van der Waals surface area contributed by atoms with E-state index in [2.05, 4.69) is 27.9 Å². The van der Waals surface area contributed by atoms with Gasteiger partial charge in [0.05, 0.1) is 5.69 Å². The Morgan fingerprint density at radius 1 is 1.29 bits per heavy atom. The molecule has 90 valence electrons. The molecule has 17 heavy (non-hydrogen) atoms. The Kier molecular flexibility index (Phi) is 3.37. The Bertz CT molecular complexity index is 469. The lowest BCUT2D eigenvalue weighted by atomic mass is 9.68. The SMILES string of the molecule is O=C(O)C1(C(=O)Nc2ccccc2I)CCC1. The number of hydrogen-bond acceptors (Lipinski definition) is 2. The summed E-state index contributed by atoms with van der Waals surface area (Å²) in [7, 11) is 0. The monoisotopic (exact) mass is 345 g/mol. The van der Waals surface area contributed by atoms with Crippen molar-refractivity contribution >= 4 is 40.2 Å². The Balaban J connectivity index is 2.17. The van der Waals surface area contributed by atoms with E-state index in [1.54, 1.807) is 6.07 Å². The summed E-state index contributed by atoms with van der Waals surface area (Å²) < 4.78 is 0.901. The second-order valence-corrected chi connectivity index (χ2v) is 5.34. The first-order chi connectivity index (χ1) is 8.06. The zero-order valence-electron chi connectivity index (χ0n) is 9.07. The Morgan fingerprint density at radius 2 is 1.94 bits per heavy atom. The number of para-hydroxylation sites is 1. The van der Waals surface area contributed by atoms with Crippen LogP contribution in [0.4, 0.5) is 5.69 Å². The van der Waals surface area contributed by atoms with Crippen LogP contribution in [0.2, 0.25) is 0 Å². The van der Waals surface area contributed by atoms with Gasteiger partial charge in [0.15, 0.2) is 0 Å². The zero-order chi connectivity index (χ0) is 12.5. The molecule has 1 amide bonds. The maximum Gasteiger partial charge on any atom is 0.319 e. The molecular weight excluding hydrogens is 333 g/mol. The van der Waals surface area contributed by atoms with Crippen LogP contribution in [0.3, 0.4) is 0 Å². The number of anilines is 1. The van der Waals surface area contributed by atoms with Crippen molar-refractivity contribution < 1.29 is 14.7 Å². The Morgan fingerprint density at radius 3 is 2.41 bits per heavy atom. The average molecular weight is 345 g/mol. The Hall–Kier alpha value is -1.11. The van der Waals surface area contributed by atoms with Gasteiger partial charge in [-0.05, 0) is 47.6 Å². The van der Waals surface area contributed by atoms with E-state index in [0.29, 0.717) is 18.5 Å². The molecule has 0 radical (unpaired) electrons. The summed E-state index contributed by atoms with van der Waals surface area (Å²) in [5.74, 6) is -1.42. The molecule has 0 aromatic heterocycles. The van der Waals surface area contributed by atoms with Crippen LogP contribution >= 0.6 is 22.6 Å². The number of benzene rings is 1. The van der Waals surface area contributed by atoms with Crippen molar-refractivity contribution in [1.82, 2.24) is 0 Å². The van der Waals surface area contributed by atoms with Gasteiger partial charge in [-0.15, -0.1) is 0 Å². The third-order valence-corrected chi connectivity index (χ3v) is 4.11. The van der Waals surface area contributed by atoms with Gasteiger partial charge >= 0.3 is 5.97 Å². The van der Waals surface area contributed by atoms with Gasteiger partial charge in [0.1, 0.15) is 5.41 Å². The molecule has 0 aliphatic heterocycles. The molecule has 1 saturated carbocycles. The Labute approximate surface area is 113 Å². The van der Waals surface area contributed by atoms with Gasteiger partial charge in [-0.1, -0.05) is 18.6 Å². The molecule has 2 rings (SSSR count). The first-order valence-corrected chi connectivity index (χ1v) is 6.43. The first kappa shape index (κ1) is 12.3. The molecule has 0 atom stereocenters. The molecule has 1 aromatic rings. The van der Waals surface area contributed by atoms with Gasteiger partial charge in [-0.3, -0.25) is 9.59 Å². The predicted molar refractivity (Wildman–Crippen MR) is 71.7 cm³/mol. The molecule has 1 aromatic carbocycles. The van der Waals surface area contributed by atoms with Gasteiger partial charge in [-0.2, -0.15) is 0 Å². The highest BCUT2D eigenvalue weighted by molar-refractivity contribution is 14.1. The highest BCUT2D eigenvalue weighted by Crippen LogP contribution is 2.42. The largest absolute Gasteiger partial charge is 0.480 e. The second-order valence-electron chi connectivity index (χ2n) is 4.17. The van der Waals surface area contributed by atoms with E-state index >= 15 is 0 Å². The number of carbonyl (C=O) groups is 2. The van der Waals surface area contributed by atoms with E-state index in [1.807, 2.05) is 18.2 Å². The van der Waals surface area contributed by atoms with Crippen molar-refractivity contribution in [2.24, 2.45) is 5.41 Å². The summed E-state index contributed by atoms with van der Waals surface area (Å²) >= 11 is 2.11. The van der Waals surface area contributed by atoms with Crippen LogP contribution < -0.4 is 5.32 Å². The van der Waals surface area contributed by atoms with E-state index in [9.17, 15) is 9.59 Å². The standard InChI is InChI=1S/C12H12INO3/c13-8-4-1-2-5-9(8)14-10(15)12(11(16)17)6-3-7-12/h1-2,4-5H,3,6-7H2,(H,14,15)(H,16,17). The maximum absolute atomic E-state index is 12.0. The molecule has 0 saturated heterocycles. The van der Waals surface area contributed by atoms with E-state index in [-0.39, 0.29) is 0 Å². The maximum atomic E-state index is 12.0. The number of carbonyl (C=O) groups excluding carboxylic acids is 1. The predicted octanol–water partition coefficient (Wildman–Crippen LogP) is 2.48. The van der Waals surface area contributed by atoms with Crippen LogP contribution in [0.5, 0.6) is 0 Å². The molecule has 0 spiro atoms. The van der Waals surface area contributed by atoms with E-state index in [4.69, 9.17) is 5.11 Å². The molecule has 0 unspecified atom stereocenters. The van der Waals surface area contributed by atoms with Gasteiger partial charge in [0.2, 0.25) is 5.91 Å². The number of nitrogens with one attached hydrogen (secondary N) is 1. The molecule has 0 bridgehead atoms. The number of carboxylic acid groups (broad SMARTS) is 1. The minimum absolute atomic E-state index is 0.402. The molecule has 4 nitrogen and oxygen atoms in total. The van der Waals surface area contributed by atoms with Crippen LogP contribution in [0, 0.1) is 8.99 Å². The van der Waals surface area contributed by atoms with Crippen molar-refractivity contribution in [3.05, 3.63) is 27.8 Å². The molecule has 0 heterocycles. The van der Waals surface area contributed by atoms with Crippen molar-refractivity contribution in [2.45, 2.75) is 19.3 Å². The summed E-state index contributed by atoms with van der Waals surface area (Å²) in [5.41, 5.74) is -0.538. The quantitative estimate of drug-likeness (QED) is 0.653. The number of hydrogen-bond donors (Lipinski definition) is 2. The lowest BCUT2D eigenvalue weighted by molar-refractivity contribution is -0.159. The van der Waals surface area contributed by atoms with E-state index in [1.165, 1.54) is 0 Å². The fourth-order valence-corrected chi connectivity index (χ4v) is 2.40. The van der Waals surface area contributed by atoms with Crippen molar-refractivity contribution in [2.75, 3.05) is 5.32 Å². The lowest BCUT2D eigenvalue weighted by Gasteiger charge is -2.35. The molecule has 2 N–H and O–H groups in total. The van der Waals surface area contributed by atoms with Crippen LogP contribution in [0.1, 0.15) is 19.3 Å². The third kappa shape index (κ3) is 2.15. The summed E-state index contributed by atoms with van der Waals surface area (Å²) in [6.45, 7) is 0. The van der Waals surface area contributed by atoms with Crippen LogP contribution in [-0.4, -0.2) is 17.0 Å². The number of carboxylic acids is 1. The number of aliphatic carboxylic acids is 1. The van der Waals surface area contributed by atoms with E-state index < -0.39 is 17.3 Å². The number of amides is 1. The third-order valence-electron chi connectivity index (χ3n) is 3.17. The molecule has 1 aliphatic carbocycles. The number of halogens is 1. The van der Waals surface area contributed by atoms with Crippen LogP contribution in [0.25, 0.3) is 0 Å². The van der Waals surface area contributed by atoms with E-state index in [0.717, 1.165) is 9.99 Å². The highest BCUT2D eigenvalue weighted by atomic mass is 127. The van der Waals surface area contributed by atoms with Crippen molar-refractivity contribution in [1.29, 1.82) is 0 Å². The van der Waals surface area contributed by atoms with Gasteiger partial charge in [-0.25, -0.2) is 0 Å². The van der Waals surface area contributed by atoms with Crippen molar-refractivity contribution in [3.63, 3.8) is 0 Å². The summed E-state index contributed by atoms with van der Waals surface area (Å²) in [6, 6.07) is 7.32. The molecule has 1 fully saturated rings. The summed E-state index contributed by atoms with van der Waals surface area (Å²) in [4.78, 5) is 23.2. The molecular formula is C12H12INO3. The van der Waals surface area contributed by atoms with Gasteiger partial charge in [0.25, 0.3) is 0 Å². The van der Waals surface area contributed by atoms with Crippen LogP contribution in [-0.2, 0) is 9.59 Å². The average Bonchev–Trinajstić information content (AvgIpc) is 2.19. The zero-order valence-corrected chi connectivity index (χ0v) is 11.2. The number of rotatable bonds is 3. The topological polar surface area (TPSA) is 66.4 Å². The normalized spacial score (nSPS) is 17.0. The molecule has 5 heteroatoms. The van der Waals surface area contributed by atoms with Gasteiger partial charge in [0, 0.05) is 3.57 Å². The van der Waals surface area contributed by atoms with Crippen LogP contribution in [0.15, 0.2) is 24.3 Å². The second kappa shape index (κ2) is 4.64. The summed E-state index contributed by atoms with van der Waals surface area (Å²) in [6.07, 6.45) is 1.65. The smallest absolute Gasteiger partial charge is 0.319 e. The summed E-state index contributed by atoms with van der Waals surface area (Å²) in [5, 5.41) is 11.8. The van der Waals surface area contributed by atoms with Gasteiger partial charge < -0.3 is 10.4 Å². The fourth-order valence-electron chi connectivity index (χ4n) is 1.87. The first-order valence-electron chi connectivity index (χ1n) is 5.36. The minimum Gasteiger partial charge on any atom is -0.480 e. The van der Waals surface area contributed by atoms with Crippen molar-refractivity contribution in [3.8, 4) is 0 Å². The fraction of sp³-hybridized carbons (Fsp3) is 0.333.